The Kier molecular flexibility index (Phi) is 5.83. The Morgan fingerprint density at radius 3 is 2.46 bits per heavy atom. The minimum Gasteiger partial charge on any atom is -0.462 e. The Hall–Kier alpha value is -2.08. The van der Waals surface area contributed by atoms with Gasteiger partial charge < -0.3 is 15.0 Å². The van der Waals surface area contributed by atoms with E-state index >= 15 is 0 Å². The number of amides is 1. The maximum Gasteiger partial charge on any atom is 0.340 e. The van der Waals surface area contributed by atoms with Crippen molar-refractivity contribution in [3.05, 3.63) is 56.8 Å². The molecule has 0 aliphatic heterocycles. The molecule has 24 heavy (non-hydrogen) atoms. The van der Waals surface area contributed by atoms with E-state index in [1.807, 2.05) is 31.2 Å². The number of hydrogen-bond acceptors (Lipinski definition) is 3. The highest BCUT2D eigenvalue weighted by molar-refractivity contribution is 9.10. The maximum atomic E-state index is 12.6. The topological polar surface area (TPSA) is 71.2 Å². The Balaban J connectivity index is 2.19. The van der Waals surface area contributed by atoms with E-state index in [-0.39, 0.29) is 11.9 Å². The summed E-state index contributed by atoms with van der Waals surface area (Å²) in [6, 6.07) is 7.61. The van der Waals surface area contributed by atoms with E-state index in [4.69, 9.17) is 4.74 Å². The fraction of sp³-hybridized carbons (Fsp3) is 0.333. The first-order valence-corrected chi connectivity index (χ1v) is 8.57. The standard InChI is InChI=1S/C18H21BrN2O3/c1-5-24-18(23)15-10(2)16(20-12(15)4)17(22)21-11(3)13-6-8-14(19)9-7-13/h6-9,11,20H,5H2,1-4H3,(H,21,22). The van der Waals surface area contributed by atoms with Crippen molar-refractivity contribution >= 4 is 27.8 Å². The number of halogens is 1. The third kappa shape index (κ3) is 3.87. The van der Waals surface area contributed by atoms with Crippen molar-refractivity contribution < 1.29 is 14.3 Å². The van der Waals surface area contributed by atoms with Crippen molar-refractivity contribution in [3.8, 4) is 0 Å². The highest BCUT2D eigenvalue weighted by atomic mass is 79.9. The predicted octanol–water partition coefficient (Wildman–Crippen LogP) is 4.06. The van der Waals surface area contributed by atoms with Gasteiger partial charge in [-0.2, -0.15) is 0 Å². The zero-order valence-corrected chi connectivity index (χ0v) is 15.8. The molecule has 1 unspecified atom stereocenters. The Morgan fingerprint density at radius 2 is 1.88 bits per heavy atom. The lowest BCUT2D eigenvalue weighted by Gasteiger charge is -2.14. The number of nitrogens with one attached hydrogen (secondary N) is 2. The van der Waals surface area contributed by atoms with Gasteiger partial charge in [0.1, 0.15) is 5.69 Å². The monoisotopic (exact) mass is 392 g/mol. The van der Waals surface area contributed by atoms with Crippen LogP contribution in [0.3, 0.4) is 0 Å². The quantitative estimate of drug-likeness (QED) is 0.753. The van der Waals surface area contributed by atoms with E-state index in [2.05, 4.69) is 26.2 Å². The molecule has 2 aromatic rings. The van der Waals surface area contributed by atoms with Crippen LogP contribution in [-0.2, 0) is 4.74 Å². The van der Waals surface area contributed by atoms with Gasteiger partial charge in [0.05, 0.1) is 18.2 Å². The number of esters is 1. The molecule has 1 aromatic carbocycles. The van der Waals surface area contributed by atoms with Crippen molar-refractivity contribution in [2.45, 2.75) is 33.7 Å². The summed E-state index contributed by atoms with van der Waals surface area (Å²) in [5, 5.41) is 2.95. The van der Waals surface area contributed by atoms with E-state index in [0.29, 0.717) is 29.1 Å². The van der Waals surface area contributed by atoms with Gasteiger partial charge in [0.2, 0.25) is 0 Å². The average Bonchev–Trinajstić information content (AvgIpc) is 2.83. The zero-order chi connectivity index (χ0) is 17.9. The molecule has 0 aliphatic rings. The van der Waals surface area contributed by atoms with E-state index in [9.17, 15) is 9.59 Å². The molecule has 2 rings (SSSR count). The van der Waals surface area contributed by atoms with Crippen LogP contribution < -0.4 is 5.32 Å². The molecule has 0 fully saturated rings. The molecule has 5 nitrogen and oxygen atoms in total. The van der Waals surface area contributed by atoms with Gasteiger partial charge in [-0.3, -0.25) is 4.79 Å². The highest BCUT2D eigenvalue weighted by Crippen LogP contribution is 2.21. The van der Waals surface area contributed by atoms with Gasteiger partial charge in [-0.1, -0.05) is 28.1 Å². The van der Waals surface area contributed by atoms with Gasteiger partial charge in [-0.25, -0.2) is 4.79 Å². The molecule has 0 bridgehead atoms. The normalized spacial score (nSPS) is 11.9. The number of carbonyl (C=O) groups excluding carboxylic acids is 2. The third-order valence-electron chi connectivity index (χ3n) is 3.86. The predicted molar refractivity (Wildman–Crippen MR) is 96.2 cm³/mol. The Bertz CT molecular complexity index is 750. The SMILES string of the molecule is CCOC(=O)c1c(C)[nH]c(C(=O)NC(C)c2ccc(Br)cc2)c1C. The summed E-state index contributed by atoms with van der Waals surface area (Å²) in [6.07, 6.45) is 0. The van der Waals surface area contributed by atoms with E-state index in [1.54, 1.807) is 20.8 Å². The number of aryl methyl sites for hydroxylation is 1. The second-order valence-corrected chi connectivity index (χ2v) is 6.51. The first-order chi connectivity index (χ1) is 11.3. The molecule has 2 N–H and O–H groups in total. The van der Waals surface area contributed by atoms with Gasteiger partial charge in [0.25, 0.3) is 5.91 Å². The van der Waals surface area contributed by atoms with Crippen LogP contribution in [0.1, 0.15) is 57.6 Å². The molecule has 128 valence electrons. The second kappa shape index (κ2) is 7.66. The van der Waals surface area contributed by atoms with Gasteiger partial charge >= 0.3 is 5.97 Å². The molecular weight excluding hydrogens is 372 g/mol. The number of aromatic nitrogens is 1. The lowest BCUT2D eigenvalue weighted by Crippen LogP contribution is -2.27. The summed E-state index contributed by atoms with van der Waals surface area (Å²) in [7, 11) is 0. The smallest absolute Gasteiger partial charge is 0.340 e. The summed E-state index contributed by atoms with van der Waals surface area (Å²) < 4.78 is 6.04. The molecule has 6 heteroatoms. The van der Waals surface area contributed by atoms with E-state index in [1.165, 1.54) is 0 Å². The van der Waals surface area contributed by atoms with E-state index < -0.39 is 5.97 Å². The van der Waals surface area contributed by atoms with Crippen LogP contribution in [0.25, 0.3) is 0 Å². The number of carbonyl (C=O) groups is 2. The van der Waals surface area contributed by atoms with Crippen LogP contribution in [0.5, 0.6) is 0 Å². The number of rotatable bonds is 5. The lowest BCUT2D eigenvalue weighted by molar-refractivity contribution is 0.0525. The second-order valence-electron chi connectivity index (χ2n) is 5.59. The minimum absolute atomic E-state index is 0.153. The lowest BCUT2D eigenvalue weighted by atomic mass is 10.1. The number of H-pyrrole nitrogens is 1. The Morgan fingerprint density at radius 1 is 1.25 bits per heavy atom. The first kappa shape index (κ1) is 18.3. The number of aromatic amines is 1. The number of ether oxygens (including phenoxy) is 1. The van der Waals surface area contributed by atoms with Gasteiger partial charge in [0.15, 0.2) is 0 Å². The molecule has 0 radical (unpaired) electrons. The zero-order valence-electron chi connectivity index (χ0n) is 14.2. The molecule has 1 atom stereocenters. The van der Waals surface area contributed by atoms with Crippen molar-refractivity contribution in [2.24, 2.45) is 0 Å². The molecule has 0 saturated carbocycles. The van der Waals surface area contributed by atoms with Crippen molar-refractivity contribution in [3.63, 3.8) is 0 Å². The summed E-state index contributed by atoms with van der Waals surface area (Å²) in [5.41, 5.74) is 3.05. The average molecular weight is 393 g/mol. The summed E-state index contributed by atoms with van der Waals surface area (Å²) >= 11 is 3.39. The molecule has 0 aliphatic carbocycles. The molecule has 1 amide bonds. The summed E-state index contributed by atoms with van der Waals surface area (Å²) in [6.45, 7) is 7.47. The Labute approximate surface area is 149 Å². The van der Waals surface area contributed by atoms with Crippen LogP contribution in [0.2, 0.25) is 0 Å². The van der Waals surface area contributed by atoms with Crippen LogP contribution >= 0.6 is 15.9 Å². The molecule has 0 spiro atoms. The van der Waals surface area contributed by atoms with Crippen molar-refractivity contribution in [1.29, 1.82) is 0 Å². The van der Waals surface area contributed by atoms with Crippen molar-refractivity contribution in [1.82, 2.24) is 10.3 Å². The molecule has 1 aromatic heterocycles. The fourth-order valence-electron chi connectivity index (χ4n) is 2.59. The molecular formula is C18H21BrN2O3. The van der Waals surface area contributed by atoms with Crippen molar-refractivity contribution in [2.75, 3.05) is 6.61 Å². The van der Waals surface area contributed by atoms with Gasteiger partial charge in [-0.15, -0.1) is 0 Å². The van der Waals surface area contributed by atoms with Crippen LogP contribution in [-0.4, -0.2) is 23.5 Å². The van der Waals surface area contributed by atoms with Crippen LogP contribution in [0.15, 0.2) is 28.7 Å². The fourth-order valence-corrected chi connectivity index (χ4v) is 2.85. The third-order valence-corrected chi connectivity index (χ3v) is 4.39. The van der Waals surface area contributed by atoms with Crippen LogP contribution in [0, 0.1) is 13.8 Å². The van der Waals surface area contributed by atoms with Gasteiger partial charge in [0, 0.05) is 10.2 Å². The highest BCUT2D eigenvalue weighted by Gasteiger charge is 2.23. The maximum absolute atomic E-state index is 12.6. The van der Waals surface area contributed by atoms with E-state index in [0.717, 1.165) is 10.0 Å². The minimum atomic E-state index is -0.413. The largest absolute Gasteiger partial charge is 0.462 e. The summed E-state index contributed by atoms with van der Waals surface area (Å²) in [4.78, 5) is 27.6. The molecule has 1 heterocycles. The number of hydrogen-bond donors (Lipinski definition) is 2. The van der Waals surface area contributed by atoms with Crippen LogP contribution in [0.4, 0.5) is 0 Å². The summed E-state index contributed by atoms with van der Waals surface area (Å²) in [5.74, 6) is -0.662. The first-order valence-electron chi connectivity index (χ1n) is 7.77. The molecule has 0 saturated heterocycles. The number of benzene rings is 1. The van der Waals surface area contributed by atoms with Gasteiger partial charge in [-0.05, 0) is 51.0 Å².